The third kappa shape index (κ3) is 3.48. The van der Waals surface area contributed by atoms with E-state index in [0.29, 0.717) is 30.9 Å². The van der Waals surface area contributed by atoms with Crippen LogP contribution in [0.2, 0.25) is 0 Å². The smallest absolute Gasteiger partial charge is 0.303 e. The maximum Gasteiger partial charge on any atom is 0.303 e. The van der Waals surface area contributed by atoms with E-state index in [1.807, 2.05) is 25.1 Å². The number of nitrogens with zero attached hydrogens (tertiary/aromatic N) is 1. The summed E-state index contributed by atoms with van der Waals surface area (Å²) in [6.45, 7) is 3.20. The number of carbonyl (C=O) groups is 2. The number of hydrogen-bond acceptors (Lipinski definition) is 3. The molecule has 1 aliphatic heterocycles. The Bertz CT molecular complexity index is 783. The average molecular weight is 394 g/mol. The van der Waals surface area contributed by atoms with Gasteiger partial charge in [0.25, 0.3) is 5.91 Å². The summed E-state index contributed by atoms with van der Waals surface area (Å²) in [6.07, 6.45) is 2.65. The molecule has 1 fully saturated rings. The molecule has 1 N–H and O–H groups in total. The number of fused-ring (bicyclic) bond motifs is 1. The maximum absolute atomic E-state index is 12.9. The van der Waals surface area contributed by atoms with Gasteiger partial charge in [-0.2, -0.15) is 0 Å². The van der Waals surface area contributed by atoms with Gasteiger partial charge >= 0.3 is 5.97 Å². The number of furan rings is 1. The minimum Gasteiger partial charge on any atom is -0.481 e. The van der Waals surface area contributed by atoms with Crippen molar-refractivity contribution in [1.29, 1.82) is 0 Å². The van der Waals surface area contributed by atoms with Crippen LogP contribution in [0.1, 0.15) is 41.8 Å². The normalized spacial score (nSPS) is 18.1. The van der Waals surface area contributed by atoms with Gasteiger partial charge in [0.15, 0.2) is 5.76 Å². The van der Waals surface area contributed by atoms with Crippen molar-refractivity contribution in [2.24, 2.45) is 5.92 Å². The fourth-order valence-electron chi connectivity index (χ4n) is 3.35. The molecular formula is C18H20BrNO4. The van der Waals surface area contributed by atoms with Gasteiger partial charge in [-0.3, -0.25) is 9.59 Å². The monoisotopic (exact) mass is 393 g/mol. The number of benzene rings is 1. The van der Waals surface area contributed by atoms with E-state index < -0.39 is 5.97 Å². The summed E-state index contributed by atoms with van der Waals surface area (Å²) >= 11 is 3.44. The van der Waals surface area contributed by atoms with E-state index in [9.17, 15) is 9.59 Å². The second kappa shape index (κ2) is 6.97. The molecule has 1 aromatic heterocycles. The number of carbonyl (C=O) groups excluding carboxylic acids is 1. The van der Waals surface area contributed by atoms with E-state index in [2.05, 4.69) is 15.9 Å². The van der Waals surface area contributed by atoms with Crippen LogP contribution in [0, 0.1) is 12.8 Å². The number of hydrogen-bond donors (Lipinski definition) is 1. The van der Waals surface area contributed by atoms with Gasteiger partial charge < -0.3 is 14.4 Å². The van der Waals surface area contributed by atoms with Crippen LogP contribution in [0.4, 0.5) is 0 Å². The van der Waals surface area contributed by atoms with E-state index in [1.165, 1.54) is 0 Å². The van der Waals surface area contributed by atoms with Crippen molar-refractivity contribution in [3.05, 3.63) is 34.0 Å². The van der Waals surface area contributed by atoms with Crippen molar-refractivity contribution >= 4 is 38.8 Å². The van der Waals surface area contributed by atoms with Gasteiger partial charge in [0.1, 0.15) is 5.58 Å². The standard InChI is InChI=1S/C18H20BrNO4/c1-11-14-9-13(19)5-6-15(14)24-17(11)18(23)20-8-2-3-12(10-20)4-7-16(21)22/h5-6,9,12H,2-4,7-8,10H2,1H3,(H,21,22). The highest BCUT2D eigenvalue weighted by Crippen LogP contribution is 2.30. The second-order valence-electron chi connectivity index (χ2n) is 6.39. The molecule has 0 bridgehead atoms. The van der Waals surface area contributed by atoms with Crippen molar-refractivity contribution in [2.75, 3.05) is 13.1 Å². The SMILES string of the molecule is Cc1c(C(=O)N2CCCC(CCC(=O)O)C2)oc2ccc(Br)cc12. The van der Waals surface area contributed by atoms with Crippen LogP contribution in [-0.2, 0) is 4.79 Å². The number of likely N-dealkylation sites (tertiary alicyclic amines) is 1. The quantitative estimate of drug-likeness (QED) is 0.843. The number of aliphatic carboxylic acids is 1. The molecule has 5 nitrogen and oxygen atoms in total. The lowest BCUT2D eigenvalue weighted by atomic mass is 9.93. The molecular weight excluding hydrogens is 374 g/mol. The molecule has 1 unspecified atom stereocenters. The first-order valence-electron chi connectivity index (χ1n) is 8.15. The highest BCUT2D eigenvalue weighted by Gasteiger charge is 2.28. The highest BCUT2D eigenvalue weighted by molar-refractivity contribution is 9.10. The van der Waals surface area contributed by atoms with E-state index in [4.69, 9.17) is 9.52 Å². The minimum absolute atomic E-state index is 0.0974. The fraction of sp³-hybridized carbons (Fsp3) is 0.444. The third-order valence-electron chi connectivity index (χ3n) is 4.67. The van der Waals surface area contributed by atoms with Gasteiger partial charge in [-0.05, 0) is 50.3 Å². The molecule has 1 aromatic carbocycles. The van der Waals surface area contributed by atoms with Crippen molar-refractivity contribution in [2.45, 2.75) is 32.6 Å². The van der Waals surface area contributed by atoms with Crippen LogP contribution >= 0.6 is 15.9 Å². The van der Waals surface area contributed by atoms with Crippen molar-refractivity contribution < 1.29 is 19.1 Å². The summed E-state index contributed by atoms with van der Waals surface area (Å²) in [4.78, 5) is 25.4. The Morgan fingerprint density at radius 3 is 2.96 bits per heavy atom. The van der Waals surface area contributed by atoms with Crippen molar-refractivity contribution in [3.8, 4) is 0 Å². The van der Waals surface area contributed by atoms with Crippen LogP contribution in [0.25, 0.3) is 11.0 Å². The fourth-order valence-corrected chi connectivity index (χ4v) is 3.71. The number of amides is 1. The number of carboxylic acid groups (broad SMARTS) is 1. The van der Waals surface area contributed by atoms with Crippen molar-refractivity contribution in [3.63, 3.8) is 0 Å². The number of carboxylic acids is 1. The Kier molecular flexibility index (Phi) is 4.94. The Morgan fingerprint density at radius 1 is 1.42 bits per heavy atom. The second-order valence-corrected chi connectivity index (χ2v) is 7.30. The van der Waals surface area contributed by atoms with E-state index in [0.717, 1.165) is 28.3 Å². The Balaban J connectivity index is 1.78. The molecule has 24 heavy (non-hydrogen) atoms. The Morgan fingerprint density at radius 2 is 2.21 bits per heavy atom. The number of halogens is 1. The summed E-state index contributed by atoms with van der Waals surface area (Å²) in [5, 5.41) is 9.77. The van der Waals surface area contributed by atoms with Crippen LogP contribution in [0.3, 0.4) is 0 Å². The summed E-state index contributed by atoms with van der Waals surface area (Å²) < 4.78 is 6.74. The largest absolute Gasteiger partial charge is 0.481 e. The lowest BCUT2D eigenvalue weighted by Gasteiger charge is -2.32. The first-order chi connectivity index (χ1) is 11.5. The predicted octanol–water partition coefficient (Wildman–Crippen LogP) is 4.22. The first-order valence-corrected chi connectivity index (χ1v) is 8.94. The first kappa shape index (κ1) is 17.0. The van der Waals surface area contributed by atoms with Crippen LogP contribution in [0.15, 0.2) is 27.1 Å². The zero-order valence-corrected chi connectivity index (χ0v) is 15.1. The Hall–Kier alpha value is -1.82. The highest BCUT2D eigenvalue weighted by atomic mass is 79.9. The number of piperidine rings is 1. The molecule has 0 saturated carbocycles. The molecule has 1 aliphatic rings. The molecule has 0 radical (unpaired) electrons. The molecule has 1 amide bonds. The minimum atomic E-state index is -0.780. The molecule has 0 aliphatic carbocycles. The maximum atomic E-state index is 12.9. The van der Waals surface area contributed by atoms with Gasteiger partial charge in [-0.1, -0.05) is 15.9 Å². The molecule has 6 heteroatoms. The molecule has 0 spiro atoms. The van der Waals surface area contributed by atoms with Crippen LogP contribution in [-0.4, -0.2) is 35.0 Å². The lowest BCUT2D eigenvalue weighted by Crippen LogP contribution is -2.40. The lowest BCUT2D eigenvalue weighted by molar-refractivity contribution is -0.137. The zero-order chi connectivity index (χ0) is 17.3. The summed E-state index contributed by atoms with van der Waals surface area (Å²) in [5.74, 6) is -0.239. The molecule has 2 heterocycles. The van der Waals surface area contributed by atoms with Gasteiger partial charge in [-0.15, -0.1) is 0 Å². The molecule has 1 atom stereocenters. The van der Waals surface area contributed by atoms with E-state index in [1.54, 1.807) is 4.90 Å². The summed E-state index contributed by atoms with van der Waals surface area (Å²) in [6, 6.07) is 5.70. The Labute approximate surface area is 148 Å². The van der Waals surface area contributed by atoms with Gasteiger partial charge in [0.2, 0.25) is 0 Å². The average Bonchev–Trinajstić information content (AvgIpc) is 2.89. The molecule has 128 valence electrons. The zero-order valence-electron chi connectivity index (χ0n) is 13.5. The number of aryl methyl sites for hydroxylation is 1. The molecule has 2 aromatic rings. The topological polar surface area (TPSA) is 70.8 Å². The van der Waals surface area contributed by atoms with Crippen LogP contribution < -0.4 is 0 Å². The molecule has 3 rings (SSSR count). The van der Waals surface area contributed by atoms with Crippen molar-refractivity contribution in [1.82, 2.24) is 4.90 Å². The predicted molar refractivity (Wildman–Crippen MR) is 94.1 cm³/mol. The molecule has 1 saturated heterocycles. The van der Waals surface area contributed by atoms with E-state index in [-0.39, 0.29) is 18.2 Å². The van der Waals surface area contributed by atoms with Gasteiger partial charge in [0, 0.05) is 34.9 Å². The summed E-state index contributed by atoms with van der Waals surface area (Å²) in [5.41, 5.74) is 1.56. The van der Waals surface area contributed by atoms with Gasteiger partial charge in [0.05, 0.1) is 0 Å². The van der Waals surface area contributed by atoms with E-state index >= 15 is 0 Å². The summed E-state index contributed by atoms with van der Waals surface area (Å²) in [7, 11) is 0. The van der Waals surface area contributed by atoms with Crippen LogP contribution in [0.5, 0.6) is 0 Å². The third-order valence-corrected chi connectivity index (χ3v) is 5.16. The van der Waals surface area contributed by atoms with Gasteiger partial charge in [-0.25, -0.2) is 0 Å². The number of rotatable bonds is 4.